The third kappa shape index (κ3) is 3.84. The van der Waals surface area contributed by atoms with Crippen molar-refractivity contribution in [2.24, 2.45) is 0 Å². The largest absolute Gasteiger partial charge is 0.497 e. The summed E-state index contributed by atoms with van der Waals surface area (Å²) in [5.41, 5.74) is 4.20. The summed E-state index contributed by atoms with van der Waals surface area (Å²) in [4.78, 5) is 12.9. The van der Waals surface area contributed by atoms with Crippen LogP contribution < -0.4 is 9.22 Å². The van der Waals surface area contributed by atoms with E-state index >= 15 is 0 Å². The summed E-state index contributed by atoms with van der Waals surface area (Å²) in [6.07, 6.45) is 0.417. The standard InChI is InChI=1S/C23H24NO2/c1-24(2,23(25)16-18-8-5-4-6-9-18)21-11-7-10-20(17-21)19-12-14-22(26-3)15-13-19/h4-15,17H,16H2,1-3H3/q+1. The Morgan fingerprint density at radius 1 is 0.846 bits per heavy atom. The number of hydrogen-bond acceptors (Lipinski definition) is 2. The van der Waals surface area contributed by atoms with Crippen molar-refractivity contribution in [2.45, 2.75) is 6.42 Å². The molecule has 0 unspecified atom stereocenters. The number of amides is 1. The molecular formula is C23H24NO2+. The lowest BCUT2D eigenvalue weighted by atomic mass is 10.0. The van der Waals surface area contributed by atoms with Crippen molar-refractivity contribution in [1.82, 2.24) is 4.48 Å². The maximum absolute atomic E-state index is 12.9. The molecule has 0 N–H and O–H groups in total. The Balaban J connectivity index is 1.86. The molecule has 0 bridgehead atoms. The number of rotatable bonds is 5. The number of carbonyl (C=O) groups excluding carboxylic acids is 1. The van der Waals surface area contributed by atoms with E-state index in [1.807, 2.05) is 80.8 Å². The van der Waals surface area contributed by atoms with Gasteiger partial charge in [-0.2, -0.15) is 0 Å². The van der Waals surface area contributed by atoms with E-state index < -0.39 is 0 Å². The molecule has 3 nitrogen and oxygen atoms in total. The normalized spacial score (nSPS) is 11.2. The molecule has 0 heterocycles. The van der Waals surface area contributed by atoms with Crippen LogP contribution in [-0.2, 0) is 11.2 Å². The van der Waals surface area contributed by atoms with Gasteiger partial charge in [0, 0.05) is 6.07 Å². The van der Waals surface area contributed by atoms with Crippen LogP contribution in [0, 0.1) is 0 Å². The lowest BCUT2D eigenvalue weighted by Crippen LogP contribution is -2.47. The van der Waals surface area contributed by atoms with Gasteiger partial charge in [0.05, 0.1) is 27.6 Å². The van der Waals surface area contributed by atoms with Gasteiger partial charge in [-0.15, -0.1) is 0 Å². The van der Waals surface area contributed by atoms with Crippen LogP contribution in [0.3, 0.4) is 0 Å². The Labute approximate surface area is 155 Å². The van der Waals surface area contributed by atoms with Crippen molar-refractivity contribution in [3.8, 4) is 16.9 Å². The smallest absolute Gasteiger partial charge is 0.322 e. The van der Waals surface area contributed by atoms with Crippen LogP contribution in [0.5, 0.6) is 5.75 Å². The van der Waals surface area contributed by atoms with Crippen LogP contribution in [0.2, 0.25) is 0 Å². The van der Waals surface area contributed by atoms with E-state index in [4.69, 9.17) is 4.74 Å². The van der Waals surface area contributed by atoms with E-state index in [1.165, 1.54) is 0 Å². The van der Waals surface area contributed by atoms with E-state index in [0.29, 0.717) is 6.42 Å². The van der Waals surface area contributed by atoms with E-state index in [2.05, 4.69) is 12.1 Å². The number of methoxy groups -OCH3 is 1. The quantitative estimate of drug-likeness (QED) is 0.626. The van der Waals surface area contributed by atoms with E-state index in [9.17, 15) is 4.79 Å². The summed E-state index contributed by atoms with van der Waals surface area (Å²) in [6, 6.07) is 26.0. The topological polar surface area (TPSA) is 26.3 Å². The maximum atomic E-state index is 12.9. The van der Waals surface area contributed by atoms with Crippen molar-refractivity contribution in [2.75, 3.05) is 21.2 Å². The Morgan fingerprint density at radius 2 is 1.54 bits per heavy atom. The molecule has 0 aromatic heterocycles. The molecule has 0 fully saturated rings. The fourth-order valence-electron chi connectivity index (χ4n) is 2.93. The molecule has 26 heavy (non-hydrogen) atoms. The van der Waals surface area contributed by atoms with Gasteiger partial charge in [-0.3, -0.25) is 0 Å². The molecule has 0 saturated heterocycles. The van der Waals surface area contributed by atoms with Gasteiger partial charge in [0.2, 0.25) is 0 Å². The molecule has 3 heteroatoms. The summed E-state index contributed by atoms with van der Waals surface area (Å²) in [5.74, 6) is 0.988. The minimum atomic E-state index is 0.156. The first-order valence-corrected chi connectivity index (χ1v) is 8.67. The Kier molecular flexibility index (Phi) is 5.19. The first kappa shape index (κ1) is 17.9. The number of quaternary nitrogens is 1. The molecule has 3 aromatic rings. The van der Waals surface area contributed by atoms with Crippen LogP contribution in [0.1, 0.15) is 5.56 Å². The first-order chi connectivity index (χ1) is 12.5. The second kappa shape index (κ2) is 7.54. The highest BCUT2D eigenvalue weighted by Crippen LogP contribution is 2.28. The summed E-state index contributed by atoms with van der Waals surface area (Å²) < 4.78 is 5.43. The third-order valence-corrected chi connectivity index (χ3v) is 4.74. The van der Waals surface area contributed by atoms with Crippen molar-refractivity contribution >= 4 is 11.6 Å². The van der Waals surface area contributed by atoms with Crippen LogP contribution in [0.25, 0.3) is 11.1 Å². The number of nitrogens with zero attached hydrogens (tertiary/aromatic N) is 1. The Hall–Kier alpha value is -2.91. The molecule has 0 spiro atoms. The molecule has 1 amide bonds. The zero-order valence-corrected chi connectivity index (χ0v) is 15.5. The molecule has 0 radical (unpaired) electrons. The van der Waals surface area contributed by atoms with Crippen LogP contribution in [-0.4, -0.2) is 27.1 Å². The molecule has 3 aromatic carbocycles. The summed E-state index contributed by atoms with van der Waals surface area (Å²) in [6.45, 7) is 0. The van der Waals surface area contributed by atoms with E-state index in [-0.39, 0.29) is 10.4 Å². The van der Waals surface area contributed by atoms with Gasteiger partial charge in [0.25, 0.3) is 0 Å². The highest BCUT2D eigenvalue weighted by molar-refractivity contribution is 5.90. The monoisotopic (exact) mass is 346 g/mol. The van der Waals surface area contributed by atoms with Gasteiger partial charge in [-0.05, 0) is 34.9 Å². The predicted molar refractivity (Wildman–Crippen MR) is 107 cm³/mol. The fourth-order valence-corrected chi connectivity index (χ4v) is 2.93. The van der Waals surface area contributed by atoms with Crippen molar-refractivity contribution in [3.05, 3.63) is 84.4 Å². The molecule has 132 valence electrons. The Morgan fingerprint density at radius 3 is 2.19 bits per heavy atom. The van der Waals surface area contributed by atoms with Crippen LogP contribution in [0.4, 0.5) is 5.69 Å². The molecule has 0 saturated carbocycles. The highest BCUT2D eigenvalue weighted by Gasteiger charge is 2.29. The average molecular weight is 346 g/mol. The summed E-state index contributed by atoms with van der Waals surface area (Å²) >= 11 is 0. The predicted octanol–water partition coefficient (Wildman–Crippen LogP) is 4.70. The van der Waals surface area contributed by atoms with Crippen molar-refractivity contribution in [1.29, 1.82) is 0 Å². The van der Waals surface area contributed by atoms with Gasteiger partial charge < -0.3 is 4.74 Å². The van der Waals surface area contributed by atoms with Gasteiger partial charge in [0.1, 0.15) is 11.4 Å². The van der Waals surface area contributed by atoms with Gasteiger partial charge in [-0.1, -0.05) is 54.6 Å². The minimum absolute atomic E-state index is 0.156. The average Bonchev–Trinajstić information content (AvgIpc) is 2.69. The van der Waals surface area contributed by atoms with Gasteiger partial charge >= 0.3 is 5.91 Å². The number of benzene rings is 3. The zero-order chi connectivity index (χ0) is 18.6. The molecule has 3 rings (SSSR count). The highest BCUT2D eigenvalue weighted by atomic mass is 16.5. The van der Waals surface area contributed by atoms with Crippen molar-refractivity contribution < 1.29 is 9.53 Å². The van der Waals surface area contributed by atoms with E-state index in [0.717, 1.165) is 28.1 Å². The number of hydrogen-bond donors (Lipinski definition) is 0. The fraction of sp³-hybridized carbons (Fsp3) is 0.174. The molecular weight excluding hydrogens is 322 g/mol. The van der Waals surface area contributed by atoms with E-state index in [1.54, 1.807) is 7.11 Å². The summed E-state index contributed by atoms with van der Waals surface area (Å²) in [7, 11) is 5.55. The number of ether oxygens (including phenoxy) is 1. The SMILES string of the molecule is COc1ccc(-c2cccc([N+](C)(C)C(=O)Cc3ccccc3)c2)cc1. The zero-order valence-electron chi connectivity index (χ0n) is 15.5. The molecule has 0 aliphatic rings. The molecule has 0 aliphatic carbocycles. The lowest BCUT2D eigenvalue weighted by Gasteiger charge is -2.27. The maximum Gasteiger partial charge on any atom is 0.322 e. The molecule has 0 aliphatic heterocycles. The number of carbonyl (C=O) groups is 1. The first-order valence-electron chi connectivity index (χ1n) is 8.67. The van der Waals surface area contributed by atoms with Crippen LogP contribution >= 0.6 is 0 Å². The summed E-state index contributed by atoms with van der Waals surface area (Å²) in [5, 5.41) is 0. The van der Waals surface area contributed by atoms with Crippen LogP contribution in [0.15, 0.2) is 78.9 Å². The molecule has 0 atom stereocenters. The second-order valence-corrected chi connectivity index (χ2v) is 6.79. The van der Waals surface area contributed by atoms with Gasteiger partial charge in [-0.25, -0.2) is 9.28 Å². The lowest BCUT2D eigenvalue weighted by molar-refractivity contribution is -0.127. The van der Waals surface area contributed by atoms with Crippen molar-refractivity contribution in [3.63, 3.8) is 0 Å². The van der Waals surface area contributed by atoms with Gasteiger partial charge in [0.15, 0.2) is 0 Å². The minimum Gasteiger partial charge on any atom is -0.497 e. The Bertz CT molecular complexity index is 884. The third-order valence-electron chi connectivity index (χ3n) is 4.74. The second-order valence-electron chi connectivity index (χ2n) is 6.79. The number of likely N-dealkylation sites (N-methyl/N-ethyl adjacent to an activating group) is 1.